The highest BCUT2D eigenvalue weighted by atomic mass is 35.5. The van der Waals surface area contributed by atoms with Crippen LogP contribution >= 0.6 is 11.6 Å². The Morgan fingerprint density at radius 1 is 1.16 bits per heavy atom. The minimum absolute atomic E-state index is 0.0740. The summed E-state index contributed by atoms with van der Waals surface area (Å²) in [5, 5.41) is 9.09. The number of amides is 2. The van der Waals surface area contributed by atoms with Crippen LogP contribution in [0.15, 0.2) is 34.9 Å². The summed E-state index contributed by atoms with van der Waals surface area (Å²) < 4.78 is 9.58. The van der Waals surface area contributed by atoms with E-state index < -0.39 is 18.5 Å². The molecule has 2 aromatic rings. The molecule has 0 spiro atoms. The number of nitrogens with one attached hydrogen (secondary N) is 2. The molecule has 1 aromatic carbocycles. The van der Waals surface area contributed by atoms with E-state index in [1.54, 1.807) is 31.2 Å². The van der Waals surface area contributed by atoms with Crippen LogP contribution in [-0.2, 0) is 19.1 Å². The predicted octanol–water partition coefficient (Wildman–Crippen LogP) is 2.54. The second-order valence-corrected chi connectivity index (χ2v) is 5.53. The minimum Gasteiger partial charge on any atom is -0.456 e. The zero-order chi connectivity index (χ0) is 18.2. The van der Waals surface area contributed by atoms with Crippen LogP contribution in [0.4, 0.5) is 11.5 Å². The van der Waals surface area contributed by atoms with Crippen molar-refractivity contribution in [1.82, 2.24) is 5.16 Å². The average Bonchev–Trinajstić information content (AvgIpc) is 2.96. The van der Waals surface area contributed by atoms with Crippen LogP contribution in [0.25, 0.3) is 0 Å². The summed E-state index contributed by atoms with van der Waals surface area (Å²) in [7, 11) is 0. The Morgan fingerprint density at radius 3 is 2.64 bits per heavy atom. The van der Waals surface area contributed by atoms with Crippen LogP contribution in [0.5, 0.6) is 0 Å². The van der Waals surface area contributed by atoms with Crippen LogP contribution in [0.1, 0.15) is 18.6 Å². The Balaban J connectivity index is 1.66. The van der Waals surface area contributed by atoms with Gasteiger partial charge in [0.1, 0.15) is 5.76 Å². The van der Waals surface area contributed by atoms with Gasteiger partial charge in [-0.2, -0.15) is 0 Å². The molecule has 0 bridgehead atoms. The van der Waals surface area contributed by atoms with E-state index in [-0.39, 0.29) is 24.6 Å². The summed E-state index contributed by atoms with van der Waals surface area (Å²) in [5.41, 5.74) is 0.535. The molecule has 0 saturated carbocycles. The van der Waals surface area contributed by atoms with Crippen molar-refractivity contribution in [1.29, 1.82) is 0 Å². The Kier molecular flexibility index (Phi) is 6.53. The quantitative estimate of drug-likeness (QED) is 0.729. The summed E-state index contributed by atoms with van der Waals surface area (Å²) in [6, 6.07) is 8.17. The van der Waals surface area contributed by atoms with Gasteiger partial charge < -0.3 is 19.9 Å². The van der Waals surface area contributed by atoms with E-state index in [4.69, 9.17) is 20.9 Å². The van der Waals surface area contributed by atoms with Crippen molar-refractivity contribution in [3.05, 3.63) is 41.1 Å². The third-order valence-corrected chi connectivity index (χ3v) is 3.16. The second-order valence-electron chi connectivity index (χ2n) is 5.09. The smallest absolute Gasteiger partial charge is 0.306 e. The van der Waals surface area contributed by atoms with Crippen LogP contribution < -0.4 is 10.6 Å². The highest BCUT2D eigenvalue weighted by Gasteiger charge is 2.12. The van der Waals surface area contributed by atoms with Gasteiger partial charge in [-0.1, -0.05) is 22.8 Å². The van der Waals surface area contributed by atoms with Crippen LogP contribution in [0.2, 0.25) is 5.02 Å². The number of esters is 1. The molecule has 0 radical (unpaired) electrons. The molecule has 0 aliphatic rings. The van der Waals surface area contributed by atoms with Gasteiger partial charge in [0.05, 0.1) is 6.42 Å². The zero-order valence-corrected chi connectivity index (χ0v) is 14.1. The van der Waals surface area contributed by atoms with Crippen LogP contribution in [0.3, 0.4) is 0 Å². The van der Waals surface area contributed by atoms with Crippen LogP contribution in [-0.4, -0.2) is 29.5 Å². The van der Waals surface area contributed by atoms with Gasteiger partial charge in [-0.3, -0.25) is 14.4 Å². The van der Waals surface area contributed by atoms with E-state index >= 15 is 0 Å². The summed E-state index contributed by atoms with van der Waals surface area (Å²) in [4.78, 5) is 34.9. The highest BCUT2D eigenvalue weighted by molar-refractivity contribution is 6.30. The van der Waals surface area contributed by atoms with Gasteiger partial charge >= 0.3 is 5.97 Å². The molecule has 2 N–H and O–H groups in total. The molecule has 0 aliphatic heterocycles. The van der Waals surface area contributed by atoms with Crippen molar-refractivity contribution < 1.29 is 23.6 Å². The van der Waals surface area contributed by atoms with E-state index in [9.17, 15) is 14.4 Å². The number of hydrogen-bond acceptors (Lipinski definition) is 6. The van der Waals surface area contributed by atoms with Gasteiger partial charge in [-0.05, 0) is 25.1 Å². The third-order valence-electron chi connectivity index (χ3n) is 2.92. The first kappa shape index (κ1) is 18.5. The number of hydrogen-bond donors (Lipinski definition) is 2. The van der Waals surface area contributed by atoms with Gasteiger partial charge in [0.25, 0.3) is 5.91 Å². The zero-order valence-electron chi connectivity index (χ0n) is 13.4. The first-order chi connectivity index (χ1) is 11.9. The fourth-order valence-electron chi connectivity index (χ4n) is 1.83. The average molecular weight is 366 g/mol. The van der Waals surface area contributed by atoms with Crippen molar-refractivity contribution in [2.24, 2.45) is 0 Å². The maximum atomic E-state index is 11.7. The van der Waals surface area contributed by atoms with Crippen LogP contribution in [0, 0.1) is 6.92 Å². The van der Waals surface area contributed by atoms with Gasteiger partial charge in [0.2, 0.25) is 5.91 Å². The highest BCUT2D eigenvalue weighted by Crippen LogP contribution is 2.15. The summed E-state index contributed by atoms with van der Waals surface area (Å²) in [6.07, 6.45) is -0.224. The Hall–Kier alpha value is -2.87. The lowest BCUT2D eigenvalue weighted by Crippen LogP contribution is -2.21. The molecule has 0 fully saturated rings. The van der Waals surface area contributed by atoms with Crippen molar-refractivity contribution in [2.45, 2.75) is 19.8 Å². The van der Waals surface area contributed by atoms with E-state index in [2.05, 4.69) is 15.8 Å². The fraction of sp³-hybridized carbons (Fsp3) is 0.250. The summed E-state index contributed by atoms with van der Waals surface area (Å²) in [6.45, 7) is 1.21. The number of nitrogens with zero attached hydrogens (tertiary/aromatic N) is 1. The number of aryl methyl sites for hydroxylation is 1. The number of halogens is 1. The SMILES string of the molecule is Cc1cc(NC(=O)COC(=O)CCC(=O)Nc2cccc(Cl)c2)no1. The van der Waals surface area contributed by atoms with Gasteiger partial charge in [-0.25, -0.2) is 0 Å². The Bertz CT molecular complexity index is 775. The van der Waals surface area contributed by atoms with Crippen molar-refractivity contribution in [3.8, 4) is 0 Å². The van der Waals surface area contributed by atoms with Crippen molar-refractivity contribution in [3.63, 3.8) is 0 Å². The molecule has 0 unspecified atom stereocenters. The fourth-order valence-corrected chi connectivity index (χ4v) is 2.02. The van der Waals surface area contributed by atoms with E-state index in [0.717, 1.165) is 0 Å². The molecule has 0 saturated heterocycles. The lowest BCUT2D eigenvalue weighted by molar-refractivity contribution is -0.147. The molecule has 2 amide bonds. The number of rotatable bonds is 7. The number of carbonyl (C=O) groups is 3. The minimum atomic E-state index is -0.660. The van der Waals surface area contributed by atoms with Crippen molar-refractivity contribution >= 4 is 40.9 Å². The summed E-state index contributed by atoms with van der Waals surface area (Å²) >= 11 is 5.81. The molecule has 1 heterocycles. The number of ether oxygens (including phenoxy) is 1. The van der Waals surface area contributed by atoms with Gasteiger partial charge in [0, 0.05) is 23.2 Å². The molecule has 25 heavy (non-hydrogen) atoms. The predicted molar refractivity (Wildman–Crippen MR) is 90.1 cm³/mol. The standard InChI is InChI=1S/C16H16ClN3O5/c1-10-7-13(20-25-10)19-15(22)9-24-16(23)6-5-14(21)18-12-4-2-3-11(17)8-12/h2-4,7-8H,5-6,9H2,1H3,(H,18,21)(H,19,20,22). The largest absolute Gasteiger partial charge is 0.456 e. The summed E-state index contributed by atoms with van der Waals surface area (Å²) in [5.74, 6) is -0.794. The molecule has 0 atom stereocenters. The van der Waals surface area contributed by atoms with E-state index in [1.807, 2.05) is 0 Å². The molecule has 2 rings (SSSR count). The maximum Gasteiger partial charge on any atom is 0.306 e. The molecule has 8 nitrogen and oxygen atoms in total. The molecule has 132 valence electrons. The molecule has 9 heteroatoms. The van der Waals surface area contributed by atoms with Gasteiger partial charge in [0.15, 0.2) is 12.4 Å². The number of carbonyl (C=O) groups excluding carboxylic acids is 3. The molecular weight excluding hydrogens is 350 g/mol. The number of aromatic nitrogens is 1. The lowest BCUT2D eigenvalue weighted by Gasteiger charge is -2.06. The van der Waals surface area contributed by atoms with E-state index in [1.165, 1.54) is 6.07 Å². The van der Waals surface area contributed by atoms with E-state index in [0.29, 0.717) is 16.5 Å². The Morgan fingerprint density at radius 2 is 1.96 bits per heavy atom. The first-order valence-electron chi connectivity index (χ1n) is 7.36. The van der Waals surface area contributed by atoms with Gasteiger partial charge in [-0.15, -0.1) is 0 Å². The maximum absolute atomic E-state index is 11.7. The Labute approximate surface area is 148 Å². The van der Waals surface area contributed by atoms with Crippen molar-refractivity contribution in [2.75, 3.05) is 17.2 Å². The number of anilines is 2. The lowest BCUT2D eigenvalue weighted by atomic mass is 10.2. The monoisotopic (exact) mass is 365 g/mol. The molecule has 1 aromatic heterocycles. The normalized spacial score (nSPS) is 10.2. The third kappa shape index (κ3) is 6.64. The second kappa shape index (κ2) is 8.84. The molecule has 0 aliphatic carbocycles. The molecular formula is C16H16ClN3O5. The number of benzene rings is 1. The first-order valence-corrected chi connectivity index (χ1v) is 7.74. The topological polar surface area (TPSA) is 111 Å².